The fraction of sp³-hybridized carbons (Fsp3) is 0.455. The van der Waals surface area contributed by atoms with E-state index in [-0.39, 0.29) is 6.09 Å². The summed E-state index contributed by atoms with van der Waals surface area (Å²) in [6.07, 6.45) is 8.53. The van der Waals surface area contributed by atoms with E-state index in [1.165, 1.54) is 11.3 Å². The van der Waals surface area contributed by atoms with Crippen LogP contribution in [-0.4, -0.2) is 39.7 Å². The number of nitrogens with zero attached hydrogens (tertiary/aromatic N) is 2. The second kappa shape index (κ2) is 8.42. The summed E-state index contributed by atoms with van der Waals surface area (Å²) in [5.41, 5.74) is 3.01. The lowest BCUT2D eigenvalue weighted by atomic mass is 9.92. The number of carbonyl (C=O) groups excluding carboxylic acids is 1. The summed E-state index contributed by atoms with van der Waals surface area (Å²) in [5.74, 6) is 0.391. The minimum absolute atomic E-state index is 0.214. The van der Waals surface area contributed by atoms with E-state index in [9.17, 15) is 4.79 Å². The molecule has 1 aliphatic heterocycles. The molecule has 1 N–H and O–H groups in total. The highest BCUT2D eigenvalue weighted by atomic mass is 16.6. The molecule has 1 aromatic carbocycles. The Morgan fingerprint density at radius 1 is 1.26 bits per heavy atom. The van der Waals surface area contributed by atoms with Gasteiger partial charge in [0.15, 0.2) is 0 Å². The molecule has 0 atom stereocenters. The van der Waals surface area contributed by atoms with Crippen LogP contribution in [0.15, 0.2) is 42.7 Å². The molecule has 0 spiro atoms. The molecule has 5 heteroatoms. The Kier molecular flexibility index (Phi) is 5.99. The van der Waals surface area contributed by atoms with Gasteiger partial charge in [-0.2, -0.15) is 0 Å². The summed E-state index contributed by atoms with van der Waals surface area (Å²) in [7, 11) is 0. The Morgan fingerprint density at radius 3 is 2.63 bits per heavy atom. The minimum atomic E-state index is -0.450. The van der Waals surface area contributed by atoms with Crippen molar-refractivity contribution in [1.29, 1.82) is 0 Å². The van der Waals surface area contributed by atoms with E-state index in [1.807, 2.05) is 31.7 Å². The number of nitrogens with one attached hydrogen (secondary N) is 1. The fourth-order valence-electron chi connectivity index (χ4n) is 3.37. The van der Waals surface area contributed by atoms with Crippen LogP contribution >= 0.6 is 0 Å². The Morgan fingerprint density at radius 2 is 1.96 bits per heavy atom. The van der Waals surface area contributed by atoms with Gasteiger partial charge in [0.1, 0.15) is 5.60 Å². The van der Waals surface area contributed by atoms with Gasteiger partial charge < -0.3 is 14.6 Å². The van der Waals surface area contributed by atoms with Gasteiger partial charge in [-0.15, -0.1) is 0 Å². The molecule has 1 amide bonds. The maximum atomic E-state index is 12.2. The SMILES string of the molecule is CC(C)(C)OC(=O)N1CCC(c2[nH]cnc2C=CCc2ccccc2)CC1. The van der Waals surface area contributed by atoms with Crippen LogP contribution in [0.1, 0.15) is 56.5 Å². The van der Waals surface area contributed by atoms with E-state index in [2.05, 4.69) is 46.4 Å². The van der Waals surface area contributed by atoms with E-state index in [0.29, 0.717) is 19.0 Å². The van der Waals surface area contributed by atoms with Crippen molar-refractivity contribution in [2.24, 2.45) is 0 Å². The van der Waals surface area contributed by atoms with Crippen molar-refractivity contribution >= 4 is 12.2 Å². The predicted molar refractivity (Wildman–Crippen MR) is 108 cm³/mol. The molecule has 5 nitrogen and oxygen atoms in total. The maximum Gasteiger partial charge on any atom is 0.410 e. The normalized spacial score (nSPS) is 16.0. The van der Waals surface area contributed by atoms with Crippen molar-refractivity contribution in [3.63, 3.8) is 0 Å². The van der Waals surface area contributed by atoms with E-state index < -0.39 is 5.60 Å². The Balaban J connectivity index is 1.56. The van der Waals surface area contributed by atoms with Crippen molar-refractivity contribution in [1.82, 2.24) is 14.9 Å². The molecule has 2 heterocycles. The smallest absolute Gasteiger partial charge is 0.410 e. The zero-order valence-electron chi connectivity index (χ0n) is 16.4. The number of aromatic amines is 1. The largest absolute Gasteiger partial charge is 0.444 e. The number of imidazole rings is 1. The summed E-state index contributed by atoms with van der Waals surface area (Å²) < 4.78 is 5.48. The summed E-state index contributed by atoms with van der Waals surface area (Å²) in [6, 6.07) is 10.4. The molecule has 144 valence electrons. The maximum absolute atomic E-state index is 12.2. The molecule has 0 aliphatic carbocycles. The van der Waals surface area contributed by atoms with Gasteiger partial charge >= 0.3 is 6.09 Å². The number of piperidine rings is 1. The molecular weight excluding hydrogens is 338 g/mol. The third-order valence-corrected chi connectivity index (χ3v) is 4.73. The first-order chi connectivity index (χ1) is 12.9. The predicted octanol–water partition coefficient (Wildman–Crippen LogP) is 4.78. The first-order valence-corrected chi connectivity index (χ1v) is 9.64. The minimum Gasteiger partial charge on any atom is -0.444 e. The molecule has 0 unspecified atom stereocenters. The fourth-order valence-corrected chi connectivity index (χ4v) is 3.37. The number of aromatic nitrogens is 2. The first kappa shape index (κ1) is 19.2. The van der Waals surface area contributed by atoms with Crippen LogP contribution in [0.4, 0.5) is 4.79 Å². The highest BCUT2D eigenvalue weighted by Gasteiger charge is 2.28. The highest BCUT2D eigenvalue weighted by Crippen LogP contribution is 2.29. The average Bonchev–Trinajstić information content (AvgIpc) is 3.10. The number of allylic oxidation sites excluding steroid dienone is 1. The van der Waals surface area contributed by atoms with E-state index in [1.54, 1.807) is 6.33 Å². The summed E-state index contributed by atoms with van der Waals surface area (Å²) in [4.78, 5) is 21.8. The number of hydrogen-bond donors (Lipinski definition) is 1. The summed E-state index contributed by atoms with van der Waals surface area (Å²) in [6.45, 7) is 7.13. The molecule has 1 fully saturated rings. The second-order valence-corrected chi connectivity index (χ2v) is 8.04. The Bertz CT molecular complexity index is 766. The lowest BCUT2D eigenvalue weighted by Crippen LogP contribution is -2.41. The third kappa shape index (κ3) is 5.46. The van der Waals surface area contributed by atoms with Gasteiger partial charge in [0, 0.05) is 24.7 Å². The van der Waals surface area contributed by atoms with Gasteiger partial charge in [-0.25, -0.2) is 9.78 Å². The van der Waals surface area contributed by atoms with Gasteiger partial charge in [0.2, 0.25) is 0 Å². The molecule has 0 bridgehead atoms. The van der Waals surface area contributed by atoms with E-state index in [4.69, 9.17) is 4.74 Å². The van der Waals surface area contributed by atoms with Crippen LogP contribution in [0.3, 0.4) is 0 Å². The molecule has 2 aromatic rings. The van der Waals surface area contributed by atoms with Gasteiger partial charge in [-0.05, 0) is 51.7 Å². The first-order valence-electron chi connectivity index (χ1n) is 9.64. The monoisotopic (exact) mass is 367 g/mol. The topological polar surface area (TPSA) is 58.2 Å². The molecule has 27 heavy (non-hydrogen) atoms. The molecule has 0 saturated carbocycles. The number of likely N-dealkylation sites (tertiary alicyclic amines) is 1. The van der Waals surface area contributed by atoms with Crippen molar-refractivity contribution in [2.45, 2.75) is 51.6 Å². The van der Waals surface area contributed by atoms with E-state index >= 15 is 0 Å². The van der Waals surface area contributed by atoms with Crippen LogP contribution in [-0.2, 0) is 11.2 Å². The quantitative estimate of drug-likeness (QED) is 0.846. The average molecular weight is 367 g/mol. The van der Waals surface area contributed by atoms with E-state index in [0.717, 1.165) is 25.0 Å². The molecule has 1 aromatic heterocycles. The summed E-state index contributed by atoms with van der Waals surface area (Å²) >= 11 is 0. The summed E-state index contributed by atoms with van der Waals surface area (Å²) in [5, 5.41) is 0. The lowest BCUT2D eigenvalue weighted by Gasteiger charge is -2.33. The van der Waals surface area contributed by atoms with Gasteiger partial charge in [0.25, 0.3) is 0 Å². The van der Waals surface area contributed by atoms with Gasteiger partial charge in [-0.3, -0.25) is 0 Å². The molecule has 1 saturated heterocycles. The Hall–Kier alpha value is -2.56. The zero-order valence-corrected chi connectivity index (χ0v) is 16.4. The van der Waals surface area contributed by atoms with Crippen molar-refractivity contribution < 1.29 is 9.53 Å². The van der Waals surface area contributed by atoms with Crippen molar-refractivity contribution in [2.75, 3.05) is 13.1 Å². The van der Waals surface area contributed by atoms with Crippen molar-refractivity contribution in [3.05, 3.63) is 59.7 Å². The number of benzene rings is 1. The zero-order chi connectivity index (χ0) is 19.3. The number of amides is 1. The molecular formula is C22H29N3O2. The molecule has 1 aliphatic rings. The second-order valence-electron chi connectivity index (χ2n) is 8.04. The van der Waals surface area contributed by atoms with Gasteiger partial charge in [-0.1, -0.05) is 36.4 Å². The highest BCUT2D eigenvalue weighted by molar-refractivity contribution is 5.68. The lowest BCUT2D eigenvalue weighted by molar-refractivity contribution is 0.0204. The number of H-pyrrole nitrogens is 1. The standard InChI is InChI=1S/C22H29N3O2/c1-22(2,3)27-21(26)25-14-12-18(13-15-25)20-19(23-16-24-20)11-7-10-17-8-5-4-6-9-17/h4-9,11,16,18H,10,12-15H2,1-3H3,(H,23,24). The number of ether oxygens (including phenoxy) is 1. The van der Waals surface area contributed by atoms with Crippen LogP contribution in [0.5, 0.6) is 0 Å². The Labute approximate surface area is 161 Å². The van der Waals surface area contributed by atoms with Crippen LogP contribution in [0.25, 0.3) is 6.08 Å². The number of carbonyl (C=O) groups is 1. The number of rotatable bonds is 4. The molecule has 3 rings (SSSR count). The third-order valence-electron chi connectivity index (χ3n) is 4.73. The number of hydrogen-bond acceptors (Lipinski definition) is 3. The molecule has 0 radical (unpaired) electrons. The van der Waals surface area contributed by atoms with Crippen LogP contribution in [0, 0.1) is 0 Å². The van der Waals surface area contributed by atoms with Crippen LogP contribution in [0.2, 0.25) is 0 Å². The van der Waals surface area contributed by atoms with Gasteiger partial charge in [0.05, 0.1) is 12.0 Å². The van der Waals surface area contributed by atoms with Crippen molar-refractivity contribution in [3.8, 4) is 0 Å². The van der Waals surface area contributed by atoms with Crippen LogP contribution < -0.4 is 0 Å².